The van der Waals surface area contributed by atoms with Gasteiger partial charge in [0.25, 0.3) is 5.56 Å². The molecule has 0 radical (unpaired) electrons. The highest BCUT2D eigenvalue weighted by molar-refractivity contribution is 6.31. The molecule has 0 spiro atoms. The molecule has 0 unspecified atom stereocenters. The van der Waals surface area contributed by atoms with Crippen molar-refractivity contribution >= 4 is 51.3 Å². The number of benzene rings is 3. The van der Waals surface area contributed by atoms with Gasteiger partial charge < -0.3 is 19.0 Å². The van der Waals surface area contributed by atoms with Gasteiger partial charge in [-0.05, 0) is 49.4 Å². The monoisotopic (exact) mass is 562 g/mol. The molecule has 5 rings (SSSR count). The Labute approximate surface area is 229 Å². The summed E-state index contributed by atoms with van der Waals surface area (Å²) in [5, 5.41) is 26.8. The van der Waals surface area contributed by atoms with Crippen LogP contribution in [0, 0.1) is 10.1 Å². The molecule has 0 saturated heterocycles. The highest BCUT2D eigenvalue weighted by Crippen LogP contribution is 2.39. The molecule has 202 valence electrons. The molecule has 40 heavy (non-hydrogen) atoms. The van der Waals surface area contributed by atoms with Crippen molar-refractivity contribution < 1.29 is 28.7 Å². The number of aromatic nitrogens is 2. The summed E-state index contributed by atoms with van der Waals surface area (Å²) in [5.41, 5.74) is 0.0447. The van der Waals surface area contributed by atoms with Gasteiger partial charge in [-0.15, -0.1) is 0 Å². The molecule has 0 amide bonds. The number of carboxylic acids is 1. The summed E-state index contributed by atoms with van der Waals surface area (Å²) in [6, 6.07) is 15.9. The van der Waals surface area contributed by atoms with Gasteiger partial charge in [-0.1, -0.05) is 23.7 Å². The molecule has 2 aromatic heterocycles. The van der Waals surface area contributed by atoms with E-state index in [1.54, 1.807) is 48.5 Å². The standard InChI is InChI=1S/C27H19ClN4O8/c1-14(27(34)35)39-24-20(32(36)37)9-15(10-22(24)38-2)13-29-31-25(30-19-6-4-3-5-18(19)26(31)33)23-12-16-11-17(28)7-8-21(16)40-23/h3-14H,1-2H3,(H,34,35)/t14-/m1/s1. The highest BCUT2D eigenvalue weighted by Gasteiger charge is 2.26. The van der Waals surface area contributed by atoms with E-state index < -0.39 is 28.2 Å². The van der Waals surface area contributed by atoms with Gasteiger partial charge in [0.2, 0.25) is 11.6 Å². The number of halogens is 1. The number of fused-ring (bicyclic) bond motifs is 2. The first-order valence-corrected chi connectivity index (χ1v) is 12.1. The molecule has 12 nitrogen and oxygen atoms in total. The second-order valence-electron chi connectivity index (χ2n) is 8.53. The summed E-state index contributed by atoms with van der Waals surface area (Å²) in [7, 11) is 1.25. The molecule has 1 N–H and O–H groups in total. The summed E-state index contributed by atoms with van der Waals surface area (Å²) in [4.78, 5) is 40.4. The average Bonchev–Trinajstić information content (AvgIpc) is 3.35. The number of carbonyl (C=O) groups is 1. The molecular formula is C27H19ClN4O8. The van der Waals surface area contributed by atoms with Crippen LogP contribution in [-0.4, -0.2) is 45.1 Å². The second kappa shape index (κ2) is 10.5. The van der Waals surface area contributed by atoms with E-state index in [0.717, 1.165) is 10.7 Å². The number of carboxylic acid groups (broad SMARTS) is 1. The van der Waals surface area contributed by atoms with Gasteiger partial charge in [0.15, 0.2) is 17.6 Å². The third-order valence-corrected chi connectivity index (χ3v) is 6.13. The molecule has 0 bridgehead atoms. The predicted molar refractivity (Wildman–Crippen MR) is 147 cm³/mol. The Morgan fingerprint density at radius 1 is 1.23 bits per heavy atom. The second-order valence-corrected chi connectivity index (χ2v) is 8.97. The summed E-state index contributed by atoms with van der Waals surface area (Å²) < 4.78 is 17.5. The van der Waals surface area contributed by atoms with Crippen LogP contribution >= 0.6 is 11.6 Å². The number of para-hydroxylation sites is 1. The Morgan fingerprint density at radius 3 is 2.73 bits per heavy atom. The lowest BCUT2D eigenvalue weighted by molar-refractivity contribution is -0.386. The van der Waals surface area contributed by atoms with E-state index in [1.165, 1.54) is 26.3 Å². The maximum Gasteiger partial charge on any atom is 0.344 e. The van der Waals surface area contributed by atoms with Crippen LogP contribution in [0.1, 0.15) is 12.5 Å². The minimum absolute atomic E-state index is 0.0870. The molecule has 0 fully saturated rings. The van der Waals surface area contributed by atoms with Crippen molar-refractivity contribution in [3.8, 4) is 23.1 Å². The normalized spacial score (nSPS) is 12.2. The number of nitro groups is 1. The van der Waals surface area contributed by atoms with Gasteiger partial charge in [0.05, 0.1) is 29.2 Å². The van der Waals surface area contributed by atoms with Crippen molar-refractivity contribution in [2.24, 2.45) is 5.10 Å². The molecule has 0 aliphatic carbocycles. The first-order valence-electron chi connectivity index (χ1n) is 11.7. The molecule has 3 aromatic carbocycles. The van der Waals surface area contributed by atoms with E-state index >= 15 is 0 Å². The largest absolute Gasteiger partial charge is 0.493 e. The van der Waals surface area contributed by atoms with Crippen molar-refractivity contribution in [3.63, 3.8) is 0 Å². The zero-order chi connectivity index (χ0) is 28.6. The average molecular weight is 563 g/mol. The lowest BCUT2D eigenvalue weighted by Crippen LogP contribution is -2.23. The van der Waals surface area contributed by atoms with Gasteiger partial charge in [-0.2, -0.15) is 9.78 Å². The van der Waals surface area contributed by atoms with Gasteiger partial charge in [-0.3, -0.25) is 14.9 Å². The van der Waals surface area contributed by atoms with Crippen LogP contribution in [0.3, 0.4) is 0 Å². The predicted octanol–water partition coefficient (Wildman–Crippen LogP) is 5.11. The van der Waals surface area contributed by atoms with E-state index in [9.17, 15) is 24.8 Å². The van der Waals surface area contributed by atoms with Crippen molar-refractivity contribution in [2.75, 3.05) is 7.11 Å². The van der Waals surface area contributed by atoms with Gasteiger partial charge in [-0.25, -0.2) is 9.78 Å². The zero-order valence-corrected chi connectivity index (χ0v) is 21.7. The number of furan rings is 1. The molecular weight excluding hydrogens is 544 g/mol. The van der Waals surface area contributed by atoms with E-state index in [4.69, 9.17) is 25.5 Å². The number of aliphatic carboxylic acids is 1. The van der Waals surface area contributed by atoms with Crippen molar-refractivity contribution in [1.82, 2.24) is 9.66 Å². The van der Waals surface area contributed by atoms with Crippen molar-refractivity contribution in [1.29, 1.82) is 0 Å². The Kier molecular flexibility index (Phi) is 6.92. The van der Waals surface area contributed by atoms with Crippen LogP contribution in [0.4, 0.5) is 5.69 Å². The molecule has 0 aliphatic heterocycles. The third kappa shape index (κ3) is 4.95. The fraction of sp³-hybridized carbons (Fsp3) is 0.111. The SMILES string of the molecule is COc1cc(C=Nn2c(-c3cc4cc(Cl)ccc4o3)nc3ccccc3c2=O)cc([N+](=O)[O-])c1O[C@H](C)C(=O)O. The maximum atomic E-state index is 13.5. The van der Waals surface area contributed by atoms with E-state index in [1.807, 2.05) is 0 Å². The van der Waals surface area contributed by atoms with Crippen LogP contribution in [0.5, 0.6) is 11.5 Å². The summed E-state index contributed by atoms with van der Waals surface area (Å²) in [5.74, 6) is -1.44. The van der Waals surface area contributed by atoms with E-state index in [0.29, 0.717) is 21.5 Å². The topological polar surface area (TPSA) is 159 Å². The summed E-state index contributed by atoms with van der Waals surface area (Å²) >= 11 is 6.11. The molecule has 2 heterocycles. The fourth-order valence-electron chi connectivity index (χ4n) is 3.95. The number of methoxy groups -OCH3 is 1. The minimum atomic E-state index is -1.38. The molecule has 0 aliphatic rings. The fourth-order valence-corrected chi connectivity index (χ4v) is 4.14. The van der Waals surface area contributed by atoms with Crippen LogP contribution < -0.4 is 15.0 Å². The van der Waals surface area contributed by atoms with Crippen molar-refractivity contribution in [2.45, 2.75) is 13.0 Å². The van der Waals surface area contributed by atoms with Crippen LogP contribution in [-0.2, 0) is 4.79 Å². The van der Waals surface area contributed by atoms with E-state index in [-0.39, 0.29) is 34.0 Å². The molecule has 0 saturated carbocycles. The Hall–Kier alpha value is -5.23. The number of rotatable bonds is 8. The Balaban J connectivity index is 1.67. The van der Waals surface area contributed by atoms with Crippen molar-refractivity contribution in [3.05, 3.63) is 91.7 Å². The smallest absolute Gasteiger partial charge is 0.344 e. The lowest BCUT2D eigenvalue weighted by Gasteiger charge is -2.14. The number of nitro benzene ring substituents is 1. The number of hydrogen-bond acceptors (Lipinski definition) is 9. The summed E-state index contributed by atoms with van der Waals surface area (Å²) in [6.07, 6.45) is -0.170. The van der Waals surface area contributed by atoms with Crippen LogP contribution in [0.25, 0.3) is 33.5 Å². The maximum absolute atomic E-state index is 13.5. The first-order chi connectivity index (χ1) is 19.2. The minimum Gasteiger partial charge on any atom is -0.493 e. The Bertz CT molecular complexity index is 1900. The Morgan fingerprint density at radius 2 is 2.00 bits per heavy atom. The number of nitrogens with zero attached hydrogens (tertiary/aromatic N) is 4. The number of hydrogen-bond donors (Lipinski definition) is 1. The first kappa shape index (κ1) is 26.4. The van der Waals surface area contributed by atoms with Gasteiger partial charge in [0, 0.05) is 22.0 Å². The lowest BCUT2D eigenvalue weighted by atomic mass is 10.1. The van der Waals surface area contributed by atoms with E-state index in [2.05, 4.69) is 10.1 Å². The van der Waals surface area contributed by atoms with Gasteiger partial charge >= 0.3 is 11.7 Å². The van der Waals surface area contributed by atoms with Crippen LogP contribution in [0.2, 0.25) is 5.02 Å². The third-order valence-electron chi connectivity index (χ3n) is 5.89. The quantitative estimate of drug-likeness (QED) is 0.154. The van der Waals surface area contributed by atoms with Gasteiger partial charge in [0.1, 0.15) is 5.58 Å². The summed E-state index contributed by atoms with van der Waals surface area (Å²) in [6.45, 7) is 1.23. The highest BCUT2D eigenvalue weighted by atomic mass is 35.5. The zero-order valence-electron chi connectivity index (χ0n) is 20.9. The molecule has 13 heteroatoms. The molecule has 1 atom stereocenters. The van der Waals surface area contributed by atoms with Crippen LogP contribution in [0.15, 0.2) is 75.0 Å². The molecule has 5 aromatic rings. The number of ether oxygens (including phenoxy) is 2.